The standard InChI is InChI=1S/C5H15NSi/c1-3-5(2)4-6-7/h5-6H,3-4H2,1-2,7H3. The summed E-state index contributed by atoms with van der Waals surface area (Å²) in [5.41, 5.74) is 0. The average Bonchev–Trinajstić information content (AvgIpc) is 1.68. The molecule has 1 N–H and O–H groups in total. The van der Waals surface area contributed by atoms with Gasteiger partial charge in [-0.1, -0.05) is 20.3 Å². The van der Waals surface area contributed by atoms with E-state index in [1.807, 2.05) is 0 Å². The average molecular weight is 117 g/mol. The zero-order chi connectivity index (χ0) is 5.70. The molecule has 0 aliphatic heterocycles. The van der Waals surface area contributed by atoms with Crippen molar-refractivity contribution in [1.29, 1.82) is 0 Å². The Morgan fingerprint density at radius 2 is 2.29 bits per heavy atom. The Kier molecular flexibility index (Phi) is 4.45. The minimum absolute atomic E-state index is 0.873. The molecule has 0 aliphatic rings. The van der Waals surface area contributed by atoms with E-state index in [2.05, 4.69) is 18.8 Å². The monoisotopic (exact) mass is 117 g/mol. The molecule has 7 heavy (non-hydrogen) atoms. The van der Waals surface area contributed by atoms with Crippen molar-refractivity contribution in [2.75, 3.05) is 6.54 Å². The van der Waals surface area contributed by atoms with Crippen LogP contribution in [-0.4, -0.2) is 16.9 Å². The molecule has 0 amide bonds. The van der Waals surface area contributed by atoms with Gasteiger partial charge in [0.15, 0.2) is 0 Å². The summed E-state index contributed by atoms with van der Waals surface area (Å²) in [6.07, 6.45) is 1.30. The third-order valence-corrected chi connectivity index (χ3v) is 1.66. The van der Waals surface area contributed by atoms with E-state index in [4.69, 9.17) is 0 Å². The van der Waals surface area contributed by atoms with Gasteiger partial charge in [-0.05, 0) is 12.5 Å². The van der Waals surface area contributed by atoms with Crippen LogP contribution in [-0.2, 0) is 0 Å². The first-order valence-corrected chi connectivity index (χ1v) is 3.95. The minimum Gasteiger partial charge on any atom is -0.345 e. The Balaban J connectivity index is 2.83. The molecule has 0 bridgehead atoms. The maximum absolute atomic E-state index is 3.26. The van der Waals surface area contributed by atoms with E-state index in [0.29, 0.717) is 0 Å². The van der Waals surface area contributed by atoms with Crippen molar-refractivity contribution in [2.45, 2.75) is 20.3 Å². The van der Waals surface area contributed by atoms with Crippen molar-refractivity contribution in [3.63, 3.8) is 0 Å². The molecular formula is C5H15NSi. The Labute approximate surface area is 49.0 Å². The van der Waals surface area contributed by atoms with Gasteiger partial charge < -0.3 is 4.98 Å². The van der Waals surface area contributed by atoms with E-state index in [0.717, 1.165) is 16.3 Å². The first-order chi connectivity index (χ1) is 3.31. The van der Waals surface area contributed by atoms with Crippen LogP contribution >= 0.6 is 0 Å². The van der Waals surface area contributed by atoms with Gasteiger partial charge in [-0.15, -0.1) is 0 Å². The summed E-state index contributed by atoms with van der Waals surface area (Å²) in [5.74, 6) is 0.873. The Hall–Kier alpha value is 0.177. The van der Waals surface area contributed by atoms with Gasteiger partial charge in [-0.2, -0.15) is 0 Å². The molecule has 2 heteroatoms. The fraction of sp³-hybridized carbons (Fsp3) is 1.00. The lowest BCUT2D eigenvalue weighted by Gasteiger charge is -2.04. The van der Waals surface area contributed by atoms with Gasteiger partial charge in [0.05, 0.1) is 10.4 Å². The first-order valence-electron chi connectivity index (χ1n) is 2.95. The van der Waals surface area contributed by atoms with E-state index >= 15 is 0 Å². The Morgan fingerprint density at radius 3 is 2.43 bits per heavy atom. The van der Waals surface area contributed by atoms with Gasteiger partial charge >= 0.3 is 0 Å². The lowest BCUT2D eigenvalue weighted by molar-refractivity contribution is 0.556. The van der Waals surface area contributed by atoms with Crippen LogP contribution < -0.4 is 4.98 Å². The summed E-state index contributed by atoms with van der Waals surface area (Å²) < 4.78 is 0. The predicted molar refractivity (Wildman–Crippen MR) is 37.4 cm³/mol. The van der Waals surface area contributed by atoms with Gasteiger partial charge in [0.25, 0.3) is 0 Å². The first kappa shape index (κ1) is 7.18. The van der Waals surface area contributed by atoms with Crippen LogP contribution in [0, 0.1) is 5.92 Å². The largest absolute Gasteiger partial charge is 0.345 e. The summed E-state index contributed by atoms with van der Waals surface area (Å²) in [6.45, 7) is 5.71. The molecule has 0 spiro atoms. The van der Waals surface area contributed by atoms with Gasteiger partial charge in [0.1, 0.15) is 0 Å². The van der Waals surface area contributed by atoms with Gasteiger partial charge in [0.2, 0.25) is 0 Å². The summed E-state index contributed by atoms with van der Waals surface area (Å²) in [6, 6.07) is 0. The fourth-order valence-corrected chi connectivity index (χ4v) is 1.19. The highest BCUT2D eigenvalue weighted by Gasteiger charge is 1.91. The summed E-state index contributed by atoms with van der Waals surface area (Å²) in [5, 5.41) is 0. The summed E-state index contributed by atoms with van der Waals surface area (Å²) in [7, 11) is 1.14. The number of hydrogen-bond acceptors (Lipinski definition) is 1. The van der Waals surface area contributed by atoms with Crippen LogP contribution in [0.25, 0.3) is 0 Å². The van der Waals surface area contributed by atoms with Crippen molar-refractivity contribution >= 4 is 10.4 Å². The smallest absolute Gasteiger partial charge is 0.0749 e. The van der Waals surface area contributed by atoms with Crippen molar-refractivity contribution in [1.82, 2.24) is 4.98 Å². The maximum atomic E-state index is 3.26. The molecule has 0 aromatic heterocycles. The maximum Gasteiger partial charge on any atom is 0.0749 e. The van der Waals surface area contributed by atoms with Crippen molar-refractivity contribution in [2.24, 2.45) is 5.92 Å². The Morgan fingerprint density at radius 1 is 1.71 bits per heavy atom. The fourth-order valence-electron chi connectivity index (χ4n) is 0.493. The lowest BCUT2D eigenvalue weighted by atomic mass is 10.1. The van der Waals surface area contributed by atoms with E-state index in [1.54, 1.807) is 0 Å². The molecular weight excluding hydrogens is 102 g/mol. The van der Waals surface area contributed by atoms with E-state index < -0.39 is 0 Å². The lowest BCUT2D eigenvalue weighted by Crippen LogP contribution is -2.16. The van der Waals surface area contributed by atoms with Gasteiger partial charge in [0, 0.05) is 0 Å². The molecule has 1 nitrogen and oxygen atoms in total. The second-order valence-electron chi connectivity index (χ2n) is 2.07. The number of nitrogens with one attached hydrogen (secondary N) is 1. The molecule has 44 valence electrons. The quantitative estimate of drug-likeness (QED) is 0.509. The SMILES string of the molecule is CCC(C)CN[SiH3]. The number of hydrogen-bond donors (Lipinski definition) is 1. The van der Waals surface area contributed by atoms with Crippen LogP contribution in [0.5, 0.6) is 0 Å². The normalized spacial score (nSPS) is 14.6. The predicted octanol–water partition coefficient (Wildman–Crippen LogP) is -0.0975. The van der Waals surface area contributed by atoms with Crippen molar-refractivity contribution < 1.29 is 0 Å². The second kappa shape index (κ2) is 4.34. The van der Waals surface area contributed by atoms with E-state index in [1.165, 1.54) is 13.0 Å². The highest BCUT2D eigenvalue weighted by molar-refractivity contribution is 6.04. The van der Waals surface area contributed by atoms with E-state index in [-0.39, 0.29) is 0 Å². The van der Waals surface area contributed by atoms with Crippen LogP contribution in [0.4, 0.5) is 0 Å². The zero-order valence-electron chi connectivity index (χ0n) is 5.49. The third-order valence-electron chi connectivity index (χ3n) is 1.25. The highest BCUT2D eigenvalue weighted by Crippen LogP contribution is 1.95. The molecule has 0 aromatic carbocycles. The Bertz CT molecular complexity index is 39.1. The molecule has 0 heterocycles. The van der Waals surface area contributed by atoms with E-state index in [9.17, 15) is 0 Å². The third kappa shape index (κ3) is 4.02. The van der Waals surface area contributed by atoms with Crippen LogP contribution in [0.2, 0.25) is 0 Å². The van der Waals surface area contributed by atoms with Crippen molar-refractivity contribution in [3.05, 3.63) is 0 Å². The molecule has 0 radical (unpaired) electrons. The van der Waals surface area contributed by atoms with Crippen LogP contribution in [0.1, 0.15) is 20.3 Å². The summed E-state index contributed by atoms with van der Waals surface area (Å²) in [4.78, 5) is 3.26. The number of rotatable bonds is 3. The molecule has 0 saturated heterocycles. The molecule has 1 unspecified atom stereocenters. The second-order valence-corrected chi connectivity index (χ2v) is 2.78. The topological polar surface area (TPSA) is 12.0 Å². The van der Waals surface area contributed by atoms with Crippen molar-refractivity contribution in [3.8, 4) is 0 Å². The molecule has 0 aliphatic carbocycles. The summed E-state index contributed by atoms with van der Waals surface area (Å²) >= 11 is 0. The minimum atomic E-state index is 0.873. The van der Waals surface area contributed by atoms with Crippen LogP contribution in [0.15, 0.2) is 0 Å². The highest BCUT2D eigenvalue weighted by atomic mass is 28.2. The zero-order valence-corrected chi connectivity index (χ0v) is 7.49. The van der Waals surface area contributed by atoms with Crippen LogP contribution in [0.3, 0.4) is 0 Å². The molecule has 0 aromatic rings. The molecule has 0 rings (SSSR count). The van der Waals surface area contributed by atoms with Gasteiger partial charge in [-0.25, -0.2) is 0 Å². The molecule has 0 saturated carbocycles. The van der Waals surface area contributed by atoms with Gasteiger partial charge in [-0.3, -0.25) is 0 Å². The molecule has 1 atom stereocenters. The molecule has 0 fully saturated rings.